The molecule has 1 aliphatic heterocycles. The van der Waals surface area contributed by atoms with Gasteiger partial charge in [0.1, 0.15) is 0 Å². The third kappa shape index (κ3) is 4.53. The lowest BCUT2D eigenvalue weighted by atomic mass is 9.96. The first-order chi connectivity index (χ1) is 10.1. The van der Waals surface area contributed by atoms with Gasteiger partial charge in [0.15, 0.2) is 0 Å². The molecule has 1 aromatic rings. The Morgan fingerprint density at radius 2 is 2.05 bits per heavy atom. The Balaban J connectivity index is 1.91. The molecule has 2 rings (SSSR count). The third-order valence-corrected chi connectivity index (χ3v) is 4.79. The Bertz CT molecular complexity index is 412. The zero-order valence-corrected chi connectivity index (χ0v) is 13.7. The highest BCUT2D eigenvalue weighted by atomic mass is 16.5. The van der Waals surface area contributed by atoms with Crippen LogP contribution < -0.4 is 5.73 Å². The van der Waals surface area contributed by atoms with Gasteiger partial charge in [0.2, 0.25) is 0 Å². The second-order valence-corrected chi connectivity index (χ2v) is 6.38. The van der Waals surface area contributed by atoms with Crippen LogP contribution in [0, 0.1) is 5.92 Å². The number of aryl methyl sites for hydroxylation is 1. The number of nitrogens with two attached hydrogens (primary N) is 1. The van der Waals surface area contributed by atoms with E-state index < -0.39 is 0 Å². The van der Waals surface area contributed by atoms with E-state index in [4.69, 9.17) is 10.5 Å². The molecule has 3 heteroatoms. The largest absolute Gasteiger partial charge is 0.381 e. The maximum Gasteiger partial charge on any atom is 0.0506 e. The second kappa shape index (κ2) is 7.92. The predicted octanol–water partition coefficient (Wildman–Crippen LogP) is 3.00. The van der Waals surface area contributed by atoms with Gasteiger partial charge in [-0.15, -0.1) is 0 Å². The first-order valence-corrected chi connectivity index (χ1v) is 8.24. The van der Waals surface area contributed by atoms with Crippen molar-refractivity contribution in [2.75, 3.05) is 26.8 Å². The average molecular weight is 290 g/mol. The fraction of sp³-hybridized carbons (Fsp3) is 0.667. The zero-order valence-electron chi connectivity index (χ0n) is 13.7. The van der Waals surface area contributed by atoms with E-state index in [2.05, 4.69) is 50.1 Å². The molecule has 0 spiro atoms. The van der Waals surface area contributed by atoms with Gasteiger partial charge in [0, 0.05) is 25.2 Å². The van der Waals surface area contributed by atoms with Crippen LogP contribution in [0.25, 0.3) is 0 Å². The molecule has 118 valence electrons. The predicted molar refractivity (Wildman–Crippen MR) is 88.4 cm³/mol. The number of benzene rings is 1. The molecule has 0 amide bonds. The summed E-state index contributed by atoms with van der Waals surface area (Å²) in [7, 11) is 2.18. The van der Waals surface area contributed by atoms with Gasteiger partial charge >= 0.3 is 0 Å². The molecule has 0 saturated carbocycles. The molecule has 0 radical (unpaired) electrons. The van der Waals surface area contributed by atoms with Crippen molar-refractivity contribution in [1.29, 1.82) is 0 Å². The topological polar surface area (TPSA) is 38.5 Å². The van der Waals surface area contributed by atoms with Crippen molar-refractivity contribution < 1.29 is 4.74 Å². The Hall–Kier alpha value is -0.900. The van der Waals surface area contributed by atoms with Gasteiger partial charge in [-0.05, 0) is 50.3 Å². The molecule has 3 unspecified atom stereocenters. The Morgan fingerprint density at radius 1 is 1.33 bits per heavy atom. The Labute approximate surface area is 129 Å². The van der Waals surface area contributed by atoms with Crippen LogP contribution in [0.4, 0.5) is 0 Å². The summed E-state index contributed by atoms with van der Waals surface area (Å²) < 4.78 is 5.58. The standard InChI is InChI=1S/C18H30N2O/c1-4-15-7-9-17(10-8-15)18(19)14(2)20(3)12-16-6-5-11-21-13-16/h7-10,14,16,18H,4-6,11-13,19H2,1-3H3. The van der Waals surface area contributed by atoms with Crippen molar-refractivity contribution in [3.8, 4) is 0 Å². The maximum atomic E-state index is 6.46. The summed E-state index contributed by atoms with van der Waals surface area (Å²) in [5, 5.41) is 0. The Kier molecular flexibility index (Phi) is 6.22. The molecule has 2 N–H and O–H groups in total. The van der Waals surface area contributed by atoms with Crippen LogP contribution in [0.3, 0.4) is 0 Å². The lowest BCUT2D eigenvalue weighted by Gasteiger charge is -2.34. The smallest absolute Gasteiger partial charge is 0.0506 e. The van der Waals surface area contributed by atoms with E-state index in [1.807, 2.05) is 0 Å². The van der Waals surface area contributed by atoms with Gasteiger partial charge in [-0.2, -0.15) is 0 Å². The van der Waals surface area contributed by atoms with Crippen molar-refractivity contribution >= 4 is 0 Å². The van der Waals surface area contributed by atoms with Crippen LogP contribution in [-0.4, -0.2) is 37.7 Å². The van der Waals surface area contributed by atoms with Crippen molar-refractivity contribution in [2.24, 2.45) is 11.7 Å². The molecule has 1 aliphatic rings. The van der Waals surface area contributed by atoms with Gasteiger partial charge in [0.05, 0.1) is 6.61 Å². The molecule has 1 fully saturated rings. The van der Waals surface area contributed by atoms with Crippen molar-refractivity contribution in [3.05, 3.63) is 35.4 Å². The molecule has 1 aromatic carbocycles. The summed E-state index contributed by atoms with van der Waals surface area (Å²) in [6.07, 6.45) is 3.54. The average Bonchev–Trinajstić information content (AvgIpc) is 2.54. The van der Waals surface area contributed by atoms with Gasteiger partial charge in [-0.25, -0.2) is 0 Å². The van der Waals surface area contributed by atoms with Crippen molar-refractivity contribution in [1.82, 2.24) is 4.90 Å². The van der Waals surface area contributed by atoms with Crippen LogP contribution in [0.15, 0.2) is 24.3 Å². The number of hydrogen-bond donors (Lipinski definition) is 1. The summed E-state index contributed by atoms with van der Waals surface area (Å²) >= 11 is 0. The minimum Gasteiger partial charge on any atom is -0.381 e. The van der Waals surface area contributed by atoms with Crippen molar-refractivity contribution in [2.45, 2.75) is 45.2 Å². The zero-order chi connectivity index (χ0) is 15.2. The fourth-order valence-corrected chi connectivity index (χ4v) is 3.05. The normalized spacial score (nSPS) is 22.2. The molecule has 3 atom stereocenters. The molecule has 0 aliphatic carbocycles. The molecule has 21 heavy (non-hydrogen) atoms. The molecule has 0 aromatic heterocycles. The molecular weight excluding hydrogens is 260 g/mol. The lowest BCUT2D eigenvalue weighted by molar-refractivity contribution is 0.0355. The van der Waals surface area contributed by atoms with Gasteiger partial charge in [-0.3, -0.25) is 0 Å². The van der Waals surface area contributed by atoms with Gasteiger partial charge in [0.25, 0.3) is 0 Å². The van der Waals surface area contributed by atoms with E-state index in [0.29, 0.717) is 12.0 Å². The van der Waals surface area contributed by atoms with E-state index in [1.54, 1.807) is 0 Å². The van der Waals surface area contributed by atoms with E-state index in [9.17, 15) is 0 Å². The van der Waals surface area contributed by atoms with Crippen LogP contribution in [0.1, 0.15) is 43.9 Å². The van der Waals surface area contributed by atoms with E-state index >= 15 is 0 Å². The minimum absolute atomic E-state index is 0.0606. The van der Waals surface area contributed by atoms with Crippen molar-refractivity contribution in [3.63, 3.8) is 0 Å². The van der Waals surface area contributed by atoms with Crippen LogP contribution in [0.2, 0.25) is 0 Å². The number of likely N-dealkylation sites (N-methyl/N-ethyl adjacent to an activating group) is 1. The molecule has 1 heterocycles. The van der Waals surface area contributed by atoms with Crippen LogP contribution in [0.5, 0.6) is 0 Å². The number of rotatable bonds is 6. The third-order valence-electron chi connectivity index (χ3n) is 4.79. The summed E-state index contributed by atoms with van der Waals surface area (Å²) in [5.74, 6) is 0.654. The molecular formula is C18H30N2O. The monoisotopic (exact) mass is 290 g/mol. The minimum atomic E-state index is 0.0606. The number of nitrogens with zero attached hydrogens (tertiary/aromatic N) is 1. The molecule has 0 bridgehead atoms. The molecule has 1 saturated heterocycles. The summed E-state index contributed by atoms with van der Waals surface area (Å²) in [4.78, 5) is 2.39. The summed E-state index contributed by atoms with van der Waals surface area (Å²) in [6, 6.07) is 9.13. The number of ether oxygens (including phenoxy) is 1. The van der Waals surface area contributed by atoms with Gasteiger partial charge in [-0.1, -0.05) is 31.2 Å². The summed E-state index contributed by atoms with van der Waals surface area (Å²) in [6.45, 7) is 7.30. The fourth-order valence-electron chi connectivity index (χ4n) is 3.05. The highest BCUT2D eigenvalue weighted by molar-refractivity contribution is 5.25. The van der Waals surface area contributed by atoms with E-state index in [-0.39, 0.29) is 6.04 Å². The first-order valence-electron chi connectivity index (χ1n) is 8.24. The van der Waals surface area contributed by atoms with Crippen LogP contribution >= 0.6 is 0 Å². The summed E-state index contributed by atoms with van der Waals surface area (Å²) in [5.41, 5.74) is 9.06. The quantitative estimate of drug-likeness (QED) is 0.875. The van der Waals surface area contributed by atoms with E-state index in [1.165, 1.54) is 24.0 Å². The Morgan fingerprint density at radius 3 is 2.62 bits per heavy atom. The lowest BCUT2D eigenvalue weighted by Crippen LogP contribution is -2.42. The maximum absolute atomic E-state index is 6.46. The molecule has 3 nitrogen and oxygen atoms in total. The van der Waals surface area contributed by atoms with E-state index in [0.717, 1.165) is 26.2 Å². The second-order valence-electron chi connectivity index (χ2n) is 6.38. The highest BCUT2D eigenvalue weighted by Gasteiger charge is 2.23. The highest BCUT2D eigenvalue weighted by Crippen LogP contribution is 2.21. The first kappa shape index (κ1) is 16.5. The SMILES string of the molecule is CCc1ccc(C(N)C(C)N(C)CC2CCCOC2)cc1. The number of hydrogen-bond acceptors (Lipinski definition) is 3. The van der Waals surface area contributed by atoms with Gasteiger partial charge < -0.3 is 15.4 Å². The van der Waals surface area contributed by atoms with Crippen LogP contribution in [-0.2, 0) is 11.2 Å².